The van der Waals surface area contributed by atoms with Gasteiger partial charge in [-0.2, -0.15) is 0 Å². The van der Waals surface area contributed by atoms with Gasteiger partial charge in [-0.3, -0.25) is 10.1 Å². The van der Waals surface area contributed by atoms with Crippen LogP contribution in [0.4, 0.5) is 11.4 Å². The molecule has 2 aromatic carbocycles. The van der Waals surface area contributed by atoms with Crippen molar-refractivity contribution in [2.45, 2.75) is 13.0 Å². The molecule has 0 aliphatic heterocycles. The molecule has 0 saturated heterocycles. The third-order valence-electron chi connectivity index (χ3n) is 3.11. The molecule has 0 fully saturated rings. The monoisotopic (exact) mass is 286 g/mol. The Labute approximate surface area is 121 Å². The summed E-state index contributed by atoms with van der Waals surface area (Å²) in [5.41, 5.74) is 1.67. The molecule has 0 radical (unpaired) electrons. The van der Waals surface area contributed by atoms with E-state index in [0.717, 1.165) is 5.56 Å². The highest BCUT2D eigenvalue weighted by Gasteiger charge is 2.21. The summed E-state index contributed by atoms with van der Waals surface area (Å²) < 4.78 is 0. The van der Waals surface area contributed by atoms with E-state index in [4.69, 9.17) is 0 Å². The molecule has 0 heterocycles. The average molecular weight is 286 g/mol. The highest BCUT2D eigenvalue weighted by Crippen LogP contribution is 2.26. The molecule has 0 bridgehead atoms. The van der Waals surface area contributed by atoms with E-state index in [2.05, 4.69) is 5.32 Å². The Balaban J connectivity index is 2.36. The van der Waals surface area contributed by atoms with Gasteiger partial charge in [0.25, 0.3) is 5.69 Å². The Morgan fingerprint density at radius 3 is 2.48 bits per heavy atom. The summed E-state index contributed by atoms with van der Waals surface area (Å²) in [7, 11) is 0. The lowest BCUT2D eigenvalue weighted by Gasteiger charge is -2.17. The Hall–Kier alpha value is -2.89. The molecule has 1 atom stereocenters. The lowest BCUT2D eigenvalue weighted by molar-refractivity contribution is -0.384. The lowest BCUT2D eigenvalue weighted by atomic mass is 10.1. The number of anilines is 1. The van der Waals surface area contributed by atoms with Gasteiger partial charge in [0.2, 0.25) is 0 Å². The number of hydrogen-bond donors (Lipinski definition) is 2. The van der Waals surface area contributed by atoms with Gasteiger partial charge in [0.15, 0.2) is 6.04 Å². The first-order valence-corrected chi connectivity index (χ1v) is 6.28. The van der Waals surface area contributed by atoms with Crippen molar-refractivity contribution < 1.29 is 14.8 Å². The van der Waals surface area contributed by atoms with E-state index in [0.29, 0.717) is 11.3 Å². The van der Waals surface area contributed by atoms with Crippen molar-refractivity contribution in [1.29, 1.82) is 0 Å². The summed E-state index contributed by atoms with van der Waals surface area (Å²) in [4.78, 5) is 21.7. The molecule has 0 aliphatic rings. The van der Waals surface area contributed by atoms with Gasteiger partial charge >= 0.3 is 5.97 Å². The fourth-order valence-electron chi connectivity index (χ4n) is 1.97. The van der Waals surface area contributed by atoms with Gasteiger partial charge in [-0.1, -0.05) is 36.4 Å². The minimum Gasteiger partial charge on any atom is -0.479 e. The maximum absolute atomic E-state index is 11.4. The predicted octanol–water partition coefficient (Wildman–Crippen LogP) is 3.14. The number of carboxylic acids is 1. The topological polar surface area (TPSA) is 92.5 Å². The van der Waals surface area contributed by atoms with Crippen LogP contribution in [0.2, 0.25) is 0 Å². The van der Waals surface area contributed by atoms with Crippen LogP contribution < -0.4 is 5.32 Å². The second-order valence-corrected chi connectivity index (χ2v) is 4.58. The van der Waals surface area contributed by atoms with Crippen molar-refractivity contribution in [3.8, 4) is 0 Å². The molecule has 0 aromatic heterocycles. The zero-order chi connectivity index (χ0) is 15.4. The SMILES string of the molecule is Cc1ccc([N+](=O)[O-])cc1NC(C(=O)O)c1ccccc1. The molecule has 0 spiro atoms. The molecule has 108 valence electrons. The van der Waals surface area contributed by atoms with Crippen molar-refractivity contribution in [3.63, 3.8) is 0 Å². The van der Waals surface area contributed by atoms with E-state index >= 15 is 0 Å². The number of carbonyl (C=O) groups is 1. The highest BCUT2D eigenvalue weighted by atomic mass is 16.6. The number of rotatable bonds is 5. The standard InChI is InChI=1S/C15H14N2O4/c1-10-7-8-12(17(20)21)9-13(10)16-14(15(18)19)11-5-3-2-4-6-11/h2-9,14,16H,1H3,(H,18,19). The maximum atomic E-state index is 11.4. The van der Waals surface area contributed by atoms with E-state index in [-0.39, 0.29) is 5.69 Å². The minimum absolute atomic E-state index is 0.0831. The van der Waals surface area contributed by atoms with Gasteiger partial charge in [0.05, 0.1) is 4.92 Å². The number of aryl methyl sites for hydroxylation is 1. The number of benzene rings is 2. The van der Waals surface area contributed by atoms with E-state index in [1.54, 1.807) is 43.3 Å². The van der Waals surface area contributed by atoms with Crippen LogP contribution in [0, 0.1) is 17.0 Å². The van der Waals surface area contributed by atoms with E-state index in [1.165, 1.54) is 12.1 Å². The summed E-state index contributed by atoms with van der Waals surface area (Å²) in [5, 5.41) is 23.0. The zero-order valence-electron chi connectivity index (χ0n) is 11.3. The first-order chi connectivity index (χ1) is 9.99. The van der Waals surface area contributed by atoms with Gasteiger partial charge in [-0.15, -0.1) is 0 Å². The third-order valence-corrected chi connectivity index (χ3v) is 3.11. The van der Waals surface area contributed by atoms with Crippen LogP contribution in [-0.4, -0.2) is 16.0 Å². The first kappa shape index (κ1) is 14.5. The Bertz CT molecular complexity index is 671. The fourth-order valence-corrected chi connectivity index (χ4v) is 1.97. The van der Waals surface area contributed by atoms with Crippen LogP contribution in [0.3, 0.4) is 0 Å². The van der Waals surface area contributed by atoms with Crippen LogP contribution >= 0.6 is 0 Å². The molecule has 1 unspecified atom stereocenters. The highest BCUT2D eigenvalue weighted by molar-refractivity contribution is 5.80. The molecule has 6 heteroatoms. The first-order valence-electron chi connectivity index (χ1n) is 6.28. The maximum Gasteiger partial charge on any atom is 0.330 e. The number of aliphatic carboxylic acids is 1. The Morgan fingerprint density at radius 1 is 1.24 bits per heavy atom. The van der Waals surface area contributed by atoms with Gasteiger partial charge in [0, 0.05) is 17.8 Å². The van der Waals surface area contributed by atoms with Crippen molar-refractivity contribution in [1.82, 2.24) is 0 Å². The van der Waals surface area contributed by atoms with E-state index in [1.807, 2.05) is 0 Å². The van der Waals surface area contributed by atoms with Crippen molar-refractivity contribution >= 4 is 17.3 Å². The second kappa shape index (κ2) is 6.04. The smallest absolute Gasteiger partial charge is 0.330 e. The van der Waals surface area contributed by atoms with Crippen molar-refractivity contribution in [2.75, 3.05) is 5.32 Å². The molecular formula is C15H14N2O4. The van der Waals surface area contributed by atoms with E-state index < -0.39 is 16.9 Å². The second-order valence-electron chi connectivity index (χ2n) is 4.58. The number of hydrogen-bond acceptors (Lipinski definition) is 4. The van der Waals surface area contributed by atoms with Gasteiger partial charge < -0.3 is 10.4 Å². The Kier molecular flexibility index (Phi) is 4.18. The average Bonchev–Trinajstić information content (AvgIpc) is 2.46. The summed E-state index contributed by atoms with van der Waals surface area (Å²) in [6.07, 6.45) is 0. The number of nitro benzene ring substituents is 1. The number of carboxylic acid groups (broad SMARTS) is 1. The summed E-state index contributed by atoms with van der Waals surface area (Å²) in [5.74, 6) is -1.05. The number of nitro groups is 1. The number of nitrogens with one attached hydrogen (secondary N) is 1. The quantitative estimate of drug-likeness (QED) is 0.650. The zero-order valence-corrected chi connectivity index (χ0v) is 11.3. The van der Waals surface area contributed by atoms with Crippen LogP contribution in [-0.2, 0) is 4.79 Å². The van der Waals surface area contributed by atoms with Gasteiger partial charge in [-0.05, 0) is 18.1 Å². The largest absolute Gasteiger partial charge is 0.479 e. The molecule has 0 amide bonds. The summed E-state index contributed by atoms with van der Waals surface area (Å²) in [6, 6.07) is 12.0. The van der Waals surface area contributed by atoms with Crippen LogP contribution in [0.15, 0.2) is 48.5 Å². The van der Waals surface area contributed by atoms with Gasteiger partial charge in [0.1, 0.15) is 0 Å². The van der Waals surface area contributed by atoms with Crippen molar-refractivity contribution in [2.24, 2.45) is 0 Å². The molecule has 2 N–H and O–H groups in total. The molecule has 2 aromatic rings. The van der Waals surface area contributed by atoms with Crippen LogP contribution in [0.1, 0.15) is 17.2 Å². The predicted molar refractivity (Wildman–Crippen MR) is 78.3 cm³/mol. The van der Waals surface area contributed by atoms with Gasteiger partial charge in [-0.25, -0.2) is 4.79 Å². The summed E-state index contributed by atoms with van der Waals surface area (Å²) >= 11 is 0. The molecule has 21 heavy (non-hydrogen) atoms. The molecule has 0 aliphatic carbocycles. The van der Waals surface area contributed by atoms with E-state index in [9.17, 15) is 20.0 Å². The normalized spacial score (nSPS) is 11.7. The fraction of sp³-hybridized carbons (Fsp3) is 0.133. The molecule has 6 nitrogen and oxygen atoms in total. The molecule has 0 saturated carbocycles. The van der Waals surface area contributed by atoms with Crippen molar-refractivity contribution in [3.05, 3.63) is 69.8 Å². The molecule has 2 rings (SSSR count). The Morgan fingerprint density at radius 2 is 1.90 bits per heavy atom. The lowest BCUT2D eigenvalue weighted by Crippen LogP contribution is -2.20. The molecular weight excluding hydrogens is 272 g/mol. The summed E-state index contributed by atoms with van der Waals surface area (Å²) in [6.45, 7) is 1.76. The number of nitrogens with zero attached hydrogens (tertiary/aromatic N) is 1. The number of non-ortho nitro benzene ring substituents is 1. The minimum atomic E-state index is -1.05. The van der Waals surface area contributed by atoms with Crippen LogP contribution in [0.25, 0.3) is 0 Å². The van der Waals surface area contributed by atoms with Crippen LogP contribution in [0.5, 0.6) is 0 Å². The third kappa shape index (κ3) is 3.36.